The van der Waals surface area contributed by atoms with E-state index in [4.69, 9.17) is 10.5 Å². The Hall–Kier alpha value is -0.510. The topological polar surface area (TPSA) is 50.5 Å². The van der Waals surface area contributed by atoms with Crippen LogP contribution in [-0.2, 0) is 4.74 Å². The van der Waals surface area contributed by atoms with E-state index in [-0.39, 0.29) is 18.1 Å². The van der Waals surface area contributed by atoms with Gasteiger partial charge in [0.25, 0.3) is 0 Å². The van der Waals surface area contributed by atoms with Crippen LogP contribution in [0, 0.1) is 0 Å². The van der Waals surface area contributed by atoms with E-state index in [9.17, 15) is 22.0 Å². The van der Waals surface area contributed by atoms with E-state index < -0.39 is 31.4 Å². The molecule has 2 heterocycles. The SMILES string of the molecule is C1CCNCC1.NCC1CN(C(F)(F)C(F)(F)F)CCO1. The molecule has 0 aromatic carbocycles. The van der Waals surface area contributed by atoms with E-state index in [2.05, 4.69) is 5.32 Å². The summed E-state index contributed by atoms with van der Waals surface area (Å²) in [5, 5.41) is 3.28. The van der Waals surface area contributed by atoms with Crippen molar-refractivity contribution in [2.24, 2.45) is 5.73 Å². The van der Waals surface area contributed by atoms with E-state index in [0.29, 0.717) is 0 Å². The Labute approximate surface area is 120 Å². The lowest BCUT2D eigenvalue weighted by molar-refractivity contribution is -0.348. The van der Waals surface area contributed by atoms with Crippen molar-refractivity contribution in [2.75, 3.05) is 39.3 Å². The smallest absolute Gasteiger partial charge is 0.374 e. The predicted octanol–water partition coefficient (Wildman–Crippen LogP) is 1.56. The molecule has 0 aromatic heterocycles. The third-order valence-electron chi connectivity index (χ3n) is 3.35. The van der Waals surface area contributed by atoms with Crippen LogP contribution >= 0.6 is 0 Å². The fourth-order valence-electron chi connectivity index (χ4n) is 2.10. The number of hydrogen-bond donors (Lipinski definition) is 2. The number of hydrogen-bond acceptors (Lipinski definition) is 4. The molecule has 2 saturated heterocycles. The van der Waals surface area contributed by atoms with Gasteiger partial charge in [0, 0.05) is 19.6 Å². The lowest BCUT2D eigenvalue weighted by Crippen LogP contribution is -2.59. The summed E-state index contributed by atoms with van der Waals surface area (Å²) in [5.74, 6) is 0. The van der Waals surface area contributed by atoms with Gasteiger partial charge in [0.15, 0.2) is 0 Å². The second-order valence-corrected chi connectivity index (χ2v) is 5.02. The molecule has 0 aliphatic carbocycles. The number of ether oxygens (including phenoxy) is 1. The van der Waals surface area contributed by atoms with Crippen molar-refractivity contribution in [1.29, 1.82) is 0 Å². The third-order valence-corrected chi connectivity index (χ3v) is 3.35. The number of alkyl halides is 5. The molecule has 0 amide bonds. The van der Waals surface area contributed by atoms with Crippen molar-refractivity contribution in [3.63, 3.8) is 0 Å². The zero-order valence-corrected chi connectivity index (χ0v) is 11.8. The molecule has 4 nitrogen and oxygen atoms in total. The molecule has 9 heteroatoms. The van der Waals surface area contributed by atoms with Gasteiger partial charge in [-0.15, -0.1) is 0 Å². The second kappa shape index (κ2) is 8.21. The highest BCUT2D eigenvalue weighted by Gasteiger charge is 2.62. The minimum atomic E-state index is -5.57. The number of rotatable bonds is 2. The predicted molar refractivity (Wildman–Crippen MR) is 68.1 cm³/mol. The molecular formula is C12H22F5N3O. The monoisotopic (exact) mass is 319 g/mol. The largest absolute Gasteiger partial charge is 0.469 e. The molecule has 2 rings (SSSR count). The van der Waals surface area contributed by atoms with E-state index in [1.165, 1.54) is 32.4 Å². The maximum absolute atomic E-state index is 12.8. The maximum Gasteiger partial charge on any atom is 0.469 e. The maximum atomic E-state index is 12.8. The fourth-order valence-corrected chi connectivity index (χ4v) is 2.10. The fraction of sp³-hybridized carbons (Fsp3) is 1.00. The first kappa shape index (κ1) is 18.5. The van der Waals surface area contributed by atoms with Gasteiger partial charge in [-0.25, -0.2) is 4.90 Å². The first-order chi connectivity index (χ1) is 9.79. The van der Waals surface area contributed by atoms with E-state index in [1.807, 2.05) is 0 Å². The second-order valence-electron chi connectivity index (χ2n) is 5.02. The Balaban J connectivity index is 0.000000304. The molecule has 0 bridgehead atoms. The van der Waals surface area contributed by atoms with Gasteiger partial charge in [-0.1, -0.05) is 6.42 Å². The van der Waals surface area contributed by atoms with E-state index in [0.717, 1.165) is 0 Å². The number of nitrogens with one attached hydrogen (secondary N) is 1. The van der Waals surface area contributed by atoms with Crippen molar-refractivity contribution < 1.29 is 26.7 Å². The van der Waals surface area contributed by atoms with Crippen molar-refractivity contribution in [1.82, 2.24) is 10.2 Å². The number of nitrogens with zero attached hydrogens (tertiary/aromatic N) is 1. The van der Waals surface area contributed by atoms with Gasteiger partial charge in [0.05, 0.1) is 12.7 Å². The third kappa shape index (κ3) is 5.65. The van der Waals surface area contributed by atoms with Gasteiger partial charge >= 0.3 is 12.2 Å². The van der Waals surface area contributed by atoms with Gasteiger partial charge in [-0.05, 0) is 25.9 Å². The highest BCUT2D eigenvalue weighted by atomic mass is 19.4. The first-order valence-corrected chi connectivity index (χ1v) is 7.01. The van der Waals surface area contributed by atoms with Gasteiger partial charge in [0.1, 0.15) is 0 Å². The Morgan fingerprint density at radius 3 is 2.10 bits per heavy atom. The quantitative estimate of drug-likeness (QED) is 0.599. The van der Waals surface area contributed by atoms with Crippen LogP contribution in [0.4, 0.5) is 22.0 Å². The van der Waals surface area contributed by atoms with E-state index in [1.54, 1.807) is 0 Å². The summed E-state index contributed by atoms with van der Waals surface area (Å²) in [7, 11) is 0. The van der Waals surface area contributed by atoms with Gasteiger partial charge < -0.3 is 15.8 Å². The summed E-state index contributed by atoms with van der Waals surface area (Å²) < 4.78 is 66.5. The van der Waals surface area contributed by atoms with Crippen LogP contribution in [0.25, 0.3) is 0 Å². The minimum absolute atomic E-state index is 0.0496. The standard InChI is InChI=1S/C7H11F5N2O.C5H11N/c8-6(9,10)7(11,12)14-1-2-15-5(3-13)4-14;1-2-4-6-5-3-1/h5H,1-4,13H2;6H,1-5H2. The summed E-state index contributed by atoms with van der Waals surface area (Å²) in [5.41, 5.74) is 5.14. The Morgan fingerprint density at radius 1 is 1.10 bits per heavy atom. The average molecular weight is 319 g/mol. The molecule has 2 aliphatic heterocycles. The summed E-state index contributed by atoms with van der Waals surface area (Å²) in [4.78, 5) is 0.0496. The van der Waals surface area contributed by atoms with Crippen LogP contribution in [0.3, 0.4) is 0 Å². The highest BCUT2D eigenvalue weighted by molar-refractivity contribution is 4.82. The van der Waals surface area contributed by atoms with Crippen molar-refractivity contribution in [3.05, 3.63) is 0 Å². The lowest BCUT2D eigenvalue weighted by Gasteiger charge is -2.37. The van der Waals surface area contributed by atoms with Crippen LogP contribution in [0.5, 0.6) is 0 Å². The average Bonchev–Trinajstić information content (AvgIpc) is 2.48. The molecule has 0 aromatic rings. The van der Waals surface area contributed by atoms with Crippen molar-refractivity contribution >= 4 is 0 Å². The molecule has 0 saturated carbocycles. The lowest BCUT2D eigenvalue weighted by atomic mass is 10.2. The van der Waals surface area contributed by atoms with Crippen LogP contribution in [0.2, 0.25) is 0 Å². The first-order valence-electron chi connectivity index (χ1n) is 7.01. The number of halogens is 5. The molecule has 1 unspecified atom stereocenters. The van der Waals surface area contributed by atoms with Crippen LogP contribution in [0.1, 0.15) is 19.3 Å². The van der Waals surface area contributed by atoms with Crippen LogP contribution in [0.15, 0.2) is 0 Å². The zero-order chi connectivity index (χ0) is 15.9. The summed E-state index contributed by atoms with van der Waals surface area (Å²) in [6.45, 7) is 1.28. The molecule has 1 atom stereocenters. The molecule has 2 fully saturated rings. The molecule has 0 spiro atoms. The summed E-state index contributed by atoms with van der Waals surface area (Å²) >= 11 is 0. The normalized spacial score (nSPS) is 25.1. The van der Waals surface area contributed by atoms with Gasteiger partial charge in [-0.3, -0.25) is 0 Å². The number of nitrogens with two attached hydrogens (primary N) is 1. The highest BCUT2D eigenvalue weighted by Crippen LogP contribution is 2.38. The molecule has 2 aliphatic rings. The van der Waals surface area contributed by atoms with Crippen LogP contribution in [-0.4, -0.2) is 62.6 Å². The number of morpholine rings is 1. The molecular weight excluding hydrogens is 297 g/mol. The molecule has 21 heavy (non-hydrogen) atoms. The van der Waals surface area contributed by atoms with Crippen molar-refractivity contribution in [3.8, 4) is 0 Å². The summed E-state index contributed by atoms with van der Waals surface area (Å²) in [6, 6.07) is -4.82. The van der Waals surface area contributed by atoms with Crippen LogP contribution < -0.4 is 11.1 Å². The summed E-state index contributed by atoms with van der Waals surface area (Å²) in [6.07, 6.45) is -2.12. The van der Waals surface area contributed by atoms with E-state index >= 15 is 0 Å². The number of piperidine rings is 1. The van der Waals surface area contributed by atoms with Gasteiger partial charge in [-0.2, -0.15) is 22.0 Å². The van der Waals surface area contributed by atoms with Crippen molar-refractivity contribution in [2.45, 2.75) is 37.6 Å². The minimum Gasteiger partial charge on any atom is -0.374 e. The Morgan fingerprint density at radius 2 is 1.71 bits per heavy atom. The zero-order valence-electron chi connectivity index (χ0n) is 11.8. The molecule has 126 valence electrons. The molecule has 0 radical (unpaired) electrons. The molecule has 3 N–H and O–H groups in total. The van der Waals surface area contributed by atoms with Gasteiger partial charge in [0.2, 0.25) is 0 Å². The Kier molecular flexibility index (Phi) is 7.25. The Bertz CT molecular complexity index is 286.